The molecule has 100 valence electrons. The number of aromatic amines is 1. The quantitative estimate of drug-likeness (QED) is 0.917. The fraction of sp³-hybridized carbons (Fsp3) is 0.615. The molecule has 1 saturated carbocycles. The molecule has 4 rings (SSSR count). The zero-order chi connectivity index (χ0) is 12.7. The minimum Gasteiger partial charge on any atom is -0.448 e. The van der Waals surface area contributed by atoms with Gasteiger partial charge in [0.15, 0.2) is 11.7 Å². The van der Waals surface area contributed by atoms with Crippen LogP contribution in [0.4, 0.5) is 0 Å². The van der Waals surface area contributed by atoms with Crippen LogP contribution in [-0.4, -0.2) is 26.8 Å². The fourth-order valence-corrected chi connectivity index (χ4v) is 2.56. The molecular weight excluding hydrogens is 244 g/mol. The molecule has 6 heteroatoms. The molecule has 1 aliphatic heterocycles. The molecule has 0 spiro atoms. The molecule has 0 unspecified atom stereocenters. The SMILES string of the molecule is c1oc(C2CCC2)nc1-c1n[nH]c([C@@H]2CCCO2)n1. The number of hydrogen-bond acceptors (Lipinski definition) is 5. The van der Waals surface area contributed by atoms with Gasteiger partial charge >= 0.3 is 0 Å². The number of ether oxygens (including phenoxy) is 1. The highest BCUT2D eigenvalue weighted by molar-refractivity contribution is 5.46. The third-order valence-corrected chi connectivity index (χ3v) is 3.94. The Morgan fingerprint density at radius 2 is 2.11 bits per heavy atom. The van der Waals surface area contributed by atoms with Crippen LogP contribution in [0, 0.1) is 0 Å². The van der Waals surface area contributed by atoms with Gasteiger partial charge in [-0.05, 0) is 25.7 Å². The number of nitrogens with one attached hydrogen (secondary N) is 1. The smallest absolute Gasteiger partial charge is 0.203 e. The highest BCUT2D eigenvalue weighted by Gasteiger charge is 2.26. The van der Waals surface area contributed by atoms with E-state index in [0.717, 1.165) is 31.2 Å². The number of nitrogens with zero attached hydrogens (tertiary/aromatic N) is 3. The molecule has 2 aliphatic rings. The van der Waals surface area contributed by atoms with E-state index in [4.69, 9.17) is 9.15 Å². The van der Waals surface area contributed by atoms with Gasteiger partial charge in [0.1, 0.15) is 18.1 Å². The van der Waals surface area contributed by atoms with Crippen molar-refractivity contribution >= 4 is 0 Å². The van der Waals surface area contributed by atoms with Crippen LogP contribution in [0.25, 0.3) is 11.5 Å². The van der Waals surface area contributed by atoms with Gasteiger partial charge in [0, 0.05) is 12.5 Å². The molecule has 0 radical (unpaired) electrons. The van der Waals surface area contributed by atoms with Gasteiger partial charge in [-0.3, -0.25) is 5.10 Å². The van der Waals surface area contributed by atoms with Gasteiger partial charge in [0.25, 0.3) is 0 Å². The van der Waals surface area contributed by atoms with Crippen molar-refractivity contribution in [2.24, 2.45) is 0 Å². The van der Waals surface area contributed by atoms with E-state index in [1.165, 1.54) is 19.3 Å². The monoisotopic (exact) mass is 260 g/mol. The summed E-state index contributed by atoms with van der Waals surface area (Å²) in [5.41, 5.74) is 0.711. The predicted molar refractivity (Wildman–Crippen MR) is 66.4 cm³/mol. The van der Waals surface area contributed by atoms with E-state index >= 15 is 0 Å². The van der Waals surface area contributed by atoms with E-state index in [2.05, 4.69) is 20.2 Å². The minimum atomic E-state index is 0.0549. The Labute approximate surface area is 110 Å². The topological polar surface area (TPSA) is 76.8 Å². The van der Waals surface area contributed by atoms with E-state index < -0.39 is 0 Å². The van der Waals surface area contributed by atoms with Crippen molar-refractivity contribution in [2.45, 2.75) is 44.1 Å². The van der Waals surface area contributed by atoms with E-state index in [1.807, 2.05) is 0 Å². The molecule has 2 fully saturated rings. The Balaban J connectivity index is 1.56. The lowest BCUT2D eigenvalue weighted by Crippen LogP contribution is -2.08. The van der Waals surface area contributed by atoms with Gasteiger partial charge in [-0.1, -0.05) is 6.42 Å². The largest absolute Gasteiger partial charge is 0.448 e. The van der Waals surface area contributed by atoms with Crippen molar-refractivity contribution in [3.8, 4) is 11.5 Å². The number of rotatable bonds is 3. The van der Waals surface area contributed by atoms with Crippen LogP contribution in [-0.2, 0) is 4.74 Å². The molecule has 1 N–H and O–H groups in total. The maximum atomic E-state index is 5.58. The highest BCUT2D eigenvalue weighted by atomic mass is 16.5. The summed E-state index contributed by atoms with van der Waals surface area (Å²) in [5, 5.41) is 7.15. The fourth-order valence-electron chi connectivity index (χ4n) is 2.56. The maximum Gasteiger partial charge on any atom is 0.203 e. The molecule has 19 heavy (non-hydrogen) atoms. The third kappa shape index (κ3) is 1.96. The Kier molecular flexibility index (Phi) is 2.61. The Hall–Kier alpha value is -1.69. The number of hydrogen-bond donors (Lipinski definition) is 1. The average molecular weight is 260 g/mol. The average Bonchev–Trinajstić information content (AvgIpc) is 3.08. The first kappa shape index (κ1) is 11.2. The Morgan fingerprint density at radius 3 is 2.84 bits per heavy atom. The van der Waals surface area contributed by atoms with E-state index in [1.54, 1.807) is 6.26 Å². The molecule has 2 aromatic rings. The minimum absolute atomic E-state index is 0.0549. The van der Waals surface area contributed by atoms with Crippen LogP contribution in [0.15, 0.2) is 10.7 Å². The zero-order valence-electron chi connectivity index (χ0n) is 10.6. The molecule has 0 aromatic carbocycles. The lowest BCUT2D eigenvalue weighted by Gasteiger charge is -2.21. The first-order valence-corrected chi connectivity index (χ1v) is 6.90. The van der Waals surface area contributed by atoms with Gasteiger partial charge in [0.05, 0.1) is 0 Å². The Bertz CT molecular complexity index is 567. The van der Waals surface area contributed by atoms with Crippen molar-refractivity contribution in [3.63, 3.8) is 0 Å². The van der Waals surface area contributed by atoms with Crippen molar-refractivity contribution in [3.05, 3.63) is 18.0 Å². The summed E-state index contributed by atoms with van der Waals surface area (Å²) in [4.78, 5) is 8.95. The first-order valence-electron chi connectivity index (χ1n) is 6.90. The summed E-state index contributed by atoms with van der Waals surface area (Å²) >= 11 is 0. The second-order valence-corrected chi connectivity index (χ2v) is 5.24. The van der Waals surface area contributed by atoms with E-state index in [0.29, 0.717) is 17.4 Å². The predicted octanol–water partition coefficient (Wildman–Crippen LogP) is 2.58. The Morgan fingerprint density at radius 1 is 1.16 bits per heavy atom. The molecule has 0 amide bonds. The van der Waals surface area contributed by atoms with Gasteiger partial charge in [0.2, 0.25) is 5.82 Å². The van der Waals surface area contributed by atoms with Crippen LogP contribution in [0.3, 0.4) is 0 Å². The van der Waals surface area contributed by atoms with Crippen LogP contribution < -0.4 is 0 Å². The third-order valence-electron chi connectivity index (χ3n) is 3.94. The van der Waals surface area contributed by atoms with E-state index in [9.17, 15) is 0 Å². The van der Waals surface area contributed by atoms with Gasteiger partial charge in [-0.25, -0.2) is 9.97 Å². The molecule has 3 heterocycles. The lowest BCUT2D eigenvalue weighted by molar-refractivity contribution is 0.105. The van der Waals surface area contributed by atoms with Crippen LogP contribution in [0.1, 0.15) is 55.8 Å². The van der Waals surface area contributed by atoms with Crippen molar-refractivity contribution < 1.29 is 9.15 Å². The molecule has 1 saturated heterocycles. The molecule has 0 bridgehead atoms. The first-order chi connectivity index (χ1) is 9.40. The van der Waals surface area contributed by atoms with Gasteiger partial charge < -0.3 is 9.15 Å². The summed E-state index contributed by atoms with van der Waals surface area (Å²) in [6.45, 7) is 0.802. The van der Waals surface area contributed by atoms with Crippen LogP contribution >= 0.6 is 0 Å². The molecular formula is C13H16N4O2. The number of aromatic nitrogens is 4. The number of H-pyrrole nitrogens is 1. The summed E-state index contributed by atoms with van der Waals surface area (Å²) < 4.78 is 11.1. The van der Waals surface area contributed by atoms with Crippen LogP contribution in [0.5, 0.6) is 0 Å². The second-order valence-electron chi connectivity index (χ2n) is 5.24. The highest BCUT2D eigenvalue weighted by Crippen LogP contribution is 2.36. The van der Waals surface area contributed by atoms with Crippen LogP contribution in [0.2, 0.25) is 0 Å². The summed E-state index contributed by atoms with van der Waals surface area (Å²) in [6.07, 6.45) is 7.41. The molecule has 6 nitrogen and oxygen atoms in total. The van der Waals surface area contributed by atoms with Gasteiger partial charge in [-0.15, -0.1) is 0 Å². The molecule has 2 aromatic heterocycles. The maximum absolute atomic E-state index is 5.58. The van der Waals surface area contributed by atoms with Crippen molar-refractivity contribution in [2.75, 3.05) is 6.61 Å². The molecule has 1 atom stereocenters. The van der Waals surface area contributed by atoms with Crippen molar-refractivity contribution in [1.29, 1.82) is 0 Å². The normalized spacial score (nSPS) is 23.7. The summed E-state index contributed by atoms with van der Waals surface area (Å²) in [5.74, 6) is 2.70. The molecule has 1 aliphatic carbocycles. The lowest BCUT2D eigenvalue weighted by atomic mass is 9.85. The number of oxazole rings is 1. The van der Waals surface area contributed by atoms with E-state index in [-0.39, 0.29) is 6.10 Å². The standard InChI is InChI=1S/C13H16N4O2/c1-3-8(4-1)13-14-9(7-19-13)11-15-12(17-16-11)10-5-2-6-18-10/h7-8,10H,1-6H2,(H,15,16,17)/t10-/m0/s1. The second kappa shape index (κ2) is 4.45. The summed E-state index contributed by atoms with van der Waals surface area (Å²) in [7, 11) is 0. The zero-order valence-corrected chi connectivity index (χ0v) is 10.6. The van der Waals surface area contributed by atoms with Crippen molar-refractivity contribution in [1.82, 2.24) is 20.2 Å². The summed E-state index contributed by atoms with van der Waals surface area (Å²) in [6, 6.07) is 0. The van der Waals surface area contributed by atoms with Gasteiger partial charge in [-0.2, -0.15) is 5.10 Å².